The topological polar surface area (TPSA) is 103 Å². The quantitative estimate of drug-likeness (QED) is 0.105. The number of hydrogen-bond acceptors (Lipinski definition) is 10. The Kier molecular flexibility index (Phi) is 20.9. The lowest BCUT2D eigenvalue weighted by atomic mass is 9.81. The van der Waals surface area contributed by atoms with Gasteiger partial charge in [-0.05, 0) is 176 Å². The van der Waals surface area contributed by atoms with E-state index in [1.165, 1.54) is 156 Å². The summed E-state index contributed by atoms with van der Waals surface area (Å²) in [5.41, 5.74) is 34.7. The number of hydrogen-bond donors (Lipinski definition) is 0. The number of thiophene rings is 2. The molecular formula is C135H89N7OS2. The number of para-hydroxylation sites is 1. The molecule has 0 bridgehead atoms. The fraction of sp³-hybridized carbons (Fsp3) is 0.0444. The van der Waals surface area contributed by atoms with Crippen LogP contribution in [0.1, 0.15) is 49.9 Å². The molecule has 6 aromatic heterocycles. The predicted octanol–water partition coefficient (Wildman–Crippen LogP) is 36.6. The molecule has 8 nitrogen and oxygen atoms in total. The Bertz CT molecular complexity index is 9270. The third-order valence-electron chi connectivity index (χ3n) is 29.6. The molecule has 0 radical (unpaired) electrons. The first kappa shape index (κ1) is 86.2. The molecule has 0 aliphatic heterocycles. The lowest BCUT2D eigenvalue weighted by molar-refractivity contribution is 0.660. The van der Waals surface area contributed by atoms with Gasteiger partial charge in [-0.2, -0.15) is 0 Å². The highest BCUT2D eigenvalue weighted by Gasteiger charge is 2.38. The van der Waals surface area contributed by atoms with Crippen molar-refractivity contribution >= 4 is 117 Å². The van der Waals surface area contributed by atoms with Gasteiger partial charge in [0, 0.05) is 112 Å². The summed E-state index contributed by atoms with van der Waals surface area (Å²) in [6.07, 6.45) is 0. The van der Waals surface area contributed by atoms with E-state index in [4.69, 9.17) is 39.3 Å². The average molecular weight is 1890 g/mol. The molecule has 682 valence electrons. The first-order valence-corrected chi connectivity index (χ1v) is 51.0. The molecule has 0 saturated heterocycles. The van der Waals surface area contributed by atoms with Crippen LogP contribution in [0.5, 0.6) is 0 Å². The van der Waals surface area contributed by atoms with E-state index in [2.05, 4.69) is 392 Å². The van der Waals surface area contributed by atoms with Crippen LogP contribution in [0.4, 0.5) is 0 Å². The van der Waals surface area contributed by atoms with Crippen molar-refractivity contribution in [3.05, 3.63) is 489 Å². The second-order valence-corrected chi connectivity index (χ2v) is 40.8. The Balaban J connectivity index is 0.000000108. The SMILES string of the molecule is CC1(C)c2ccccc2-c2ccc(-c3ccc(-c4cc(-c5ccccc5)nc(-c5ccccc5)n4)c4oc5ccccc5c34)cc21.CC1(C)c2ccccc2-c2ccc(-c3ccc(-c4cc(-c5ccccc5)nc(-c5ccccc5)n4)c4sc5ccccc5c34)cc21.c1ccc(-c2nc(-c3ccccc3)nc(-c3ccc(-c4ccc(-c5ccc6ccc7cccc8ccc5c6c78)cc4)c4c3sc3ccccc34)n2)cc1. The summed E-state index contributed by atoms with van der Waals surface area (Å²) in [7, 11) is 0. The third kappa shape index (κ3) is 14.9. The summed E-state index contributed by atoms with van der Waals surface area (Å²) in [6, 6.07) is 166. The highest BCUT2D eigenvalue weighted by Crippen LogP contribution is 2.56. The Morgan fingerprint density at radius 1 is 0.186 bits per heavy atom. The fourth-order valence-electron chi connectivity index (χ4n) is 22.4. The van der Waals surface area contributed by atoms with E-state index >= 15 is 0 Å². The van der Waals surface area contributed by atoms with Crippen LogP contribution in [0.3, 0.4) is 0 Å². The Morgan fingerprint density at radius 3 is 1.03 bits per heavy atom. The van der Waals surface area contributed by atoms with Gasteiger partial charge >= 0.3 is 0 Å². The van der Waals surface area contributed by atoms with Crippen LogP contribution in [-0.4, -0.2) is 34.9 Å². The summed E-state index contributed by atoms with van der Waals surface area (Å²) in [5.74, 6) is 3.41. The van der Waals surface area contributed by atoms with Gasteiger partial charge in [0.05, 0.1) is 22.8 Å². The summed E-state index contributed by atoms with van der Waals surface area (Å²) in [5, 5.41) is 15.0. The molecule has 145 heavy (non-hydrogen) atoms. The molecule has 0 fully saturated rings. The van der Waals surface area contributed by atoms with Crippen molar-refractivity contribution in [2.75, 3.05) is 0 Å². The van der Waals surface area contributed by atoms with E-state index in [9.17, 15) is 0 Å². The van der Waals surface area contributed by atoms with Gasteiger partial charge in [0.2, 0.25) is 0 Å². The number of rotatable bonds is 13. The predicted molar refractivity (Wildman–Crippen MR) is 606 cm³/mol. The van der Waals surface area contributed by atoms with E-state index in [1.54, 1.807) is 11.3 Å². The normalized spacial score (nSPS) is 12.7. The Labute approximate surface area is 846 Å². The minimum absolute atomic E-state index is 0.0552. The van der Waals surface area contributed by atoms with E-state index in [0.29, 0.717) is 23.3 Å². The van der Waals surface area contributed by atoms with E-state index in [-0.39, 0.29) is 10.8 Å². The maximum Gasteiger partial charge on any atom is 0.165 e. The molecule has 21 aromatic carbocycles. The number of benzene rings is 21. The molecular weight excluding hydrogens is 1800 g/mol. The summed E-state index contributed by atoms with van der Waals surface area (Å²) < 4.78 is 11.7. The van der Waals surface area contributed by atoms with Crippen molar-refractivity contribution < 1.29 is 4.42 Å². The van der Waals surface area contributed by atoms with Crippen molar-refractivity contribution in [2.24, 2.45) is 0 Å². The van der Waals surface area contributed by atoms with Gasteiger partial charge in [0.25, 0.3) is 0 Å². The largest absolute Gasteiger partial charge is 0.455 e. The number of furan rings is 1. The zero-order chi connectivity index (χ0) is 96.5. The standard InChI is InChI=1S/C49H29N3S.C43H30N2O.C43H30N2S/c1-3-10-35(11-4-1)47-50-48(36-12-5-2-6-13-36)52-49(51-47)41-29-28-38(45-40-16-7-8-17-42(40)53-46(41)45)31-20-18-30(19-21-31)37-26-24-34-23-22-32-14-9-15-33-25-27-39(37)44(34)43(32)33;2*1-43(2)35-19-11-9-17-31(35)32-22-21-29(25-36(32)43)30-23-24-33(41-40(30)34-18-10-12-20-39(34)46-41)38-26-37(27-13-5-3-6-14-27)44-42(45-38)28-15-7-4-8-16-28/h1-29H;2*3-26H,1-2H3. The molecule has 2 aliphatic rings. The van der Waals surface area contributed by atoms with Gasteiger partial charge in [0.15, 0.2) is 29.1 Å². The molecule has 6 heterocycles. The average Bonchev–Trinajstić information content (AvgIpc) is 1.67. The van der Waals surface area contributed by atoms with Crippen LogP contribution in [0, 0.1) is 0 Å². The van der Waals surface area contributed by atoms with Crippen molar-refractivity contribution in [3.8, 4) is 169 Å². The van der Waals surface area contributed by atoms with Crippen LogP contribution < -0.4 is 0 Å². The highest BCUT2D eigenvalue weighted by molar-refractivity contribution is 7.27. The maximum atomic E-state index is 6.72. The molecule has 27 aromatic rings. The third-order valence-corrected chi connectivity index (χ3v) is 32.0. The molecule has 0 saturated carbocycles. The maximum absolute atomic E-state index is 6.72. The van der Waals surface area contributed by atoms with Gasteiger partial charge in [-0.25, -0.2) is 34.9 Å². The smallest absolute Gasteiger partial charge is 0.165 e. The minimum atomic E-state index is -0.0813. The number of aromatic nitrogens is 7. The molecule has 0 unspecified atom stereocenters. The minimum Gasteiger partial charge on any atom is -0.455 e. The second-order valence-electron chi connectivity index (χ2n) is 38.7. The molecule has 2 aliphatic carbocycles. The molecule has 10 heteroatoms. The zero-order valence-electron chi connectivity index (χ0n) is 79.8. The van der Waals surface area contributed by atoms with Crippen molar-refractivity contribution in [2.45, 2.75) is 38.5 Å². The monoisotopic (exact) mass is 1890 g/mol. The molecule has 29 rings (SSSR count). The second kappa shape index (κ2) is 35.1. The lowest BCUT2D eigenvalue weighted by Crippen LogP contribution is -2.14. The van der Waals surface area contributed by atoms with Crippen LogP contribution in [0.25, 0.3) is 263 Å². The van der Waals surface area contributed by atoms with E-state index < -0.39 is 0 Å². The Hall–Kier alpha value is -17.9. The molecule has 0 spiro atoms. The first-order chi connectivity index (χ1) is 71.4. The van der Waals surface area contributed by atoms with Gasteiger partial charge in [-0.3, -0.25) is 0 Å². The van der Waals surface area contributed by atoms with Gasteiger partial charge in [-0.15, -0.1) is 22.7 Å². The van der Waals surface area contributed by atoms with Gasteiger partial charge in [0.1, 0.15) is 11.2 Å². The van der Waals surface area contributed by atoms with Crippen molar-refractivity contribution in [1.82, 2.24) is 34.9 Å². The summed E-state index contributed by atoms with van der Waals surface area (Å²) in [6.45, 7) is 9.36. The van der Waals surface area contributed by atoms with E-state index in [1.807, 2.05) is 114 Å². The zero-order valence-corrected chi connectivity index (χ0v) is 81.4. The lowest BCUT2D eigenvalue weighted by Gasteiger charge is -2.22. The number of fused-ring (bicyclic) bond motifs is 15. The van der Waals surface area contributed by atoms with E-state index in [0.717, 1.165) is 106 Å². The van der Waals surface area contributed by atoms with Gasteiger partial charge < -0.3 is 4.42 Å². The molecule has 0 atom stereocenters. The van der Waals surface area contributed by atoms with Crippen molar-refractivity contribution in [1.29, 1.82) is 0 Å². The number of nitrogens with zero attached hydrogens (tertiary/aromatic N) is 7. The van der Waals surface area contributed by atoms with Crippen LogP contribution in [0.2, 0.25) is 0 Å². The fourth-order valence-corrected chi connectivity index (χ4v) is 24.9. The summed E-state index contributed by atoms with van der Waals surface area (Å²) in [4.78, 5) is 35.6. The first-order valence-electron chi connectivity index (χ1n) is 49.4. The van der Waals surface area contributed by atoms with Crippen LogP contribution in [-0.2, 0) is 10.8 Å². The highest BCUT2D eigenvalue weighted by atomic mass is 32.1. The Morgan fingerprint density at radius 2 is 0.524 bits per heavy atom. The van der Waals surface area contributed by atoms with Crippen LogP contribution >= 0.6 is 22.7 Å². The molecule has 0 N–H and O–H groups in total. The molecule has 0 amide bonds. The summed E-state index contributed by atoms with van der Waals surface area (Å²) >= 11 is 3.65. The van der Waals surface area contributed by atoms with Gasteiger partial charge in [-0.1, -0.05) is 440 Å². The van der Waals surface area contributed by atoms with Crippen LogP contribution in [0.15, 0.2) is 472 Å². The van der Waals surface area contributed by atoms with Crippen molar-refractivity contribution in [3.63, 3.8) is 0 Å².